The molecule has 0 saturated carbocycles. The predicted molar refractivity (Wildman–Crippen MR) is 95.2 cm³/mol. The van der Waals surface area contributed by atoms with Crippen molar-refractivity contribution in [3.8, 4) is 0 Å². The Hall–Kier alpha value is -2.08. The highest BCUT2D eigenvalue weighted by molar-refractivity contribution is 7.09. The summed E-state index contributed by atoms with van der Waals surface area (Å²) in [7, 11) is 0. The minimum absolute atomic E-state index is 0.0204. The summed E-state index contributed by atoms with van der Waals surface area (Å²) in [6.45, 7) is 2.68. The van der Waals surface area contributed by atoms with E-state index in [4.69, 9.17) is 0 Å². The number of aromatic amines is 1. The number of aromatic nitrogens is 1. The first kappa shape index (κ1) is 16.8. The lowest BCUT2D eigenvalue weighted by Crippen LogP contribution is -2.37. The Morgan fingerprint density at radius 1 is 1.08 bits per heavy atom. The molecule has 2 aromatic rings. The Morgan fingerprint density at radius 3 is 2.67 bits per heavy atom. The zero-order valence-corrected chi connectivity index (χ0v) is 14.6. The maximum atomic E-state index is 12.4. The Morgan fingerprint density at radius 2 is 1.92 bits per heavy atom. The van der Waals surface area contributed by atoms with Crippen LogP contribution in [0.15, 0.2) is 35.8 Å². The van der Waals surface area contributed by atoms with Crippen molar-refractivity contribution in [2.75, 3.05) is 26.2 Å². The van der Waals surface area contributed by atoms with E-state index in [2.05, 4.69) is 16.4 Å². The summed E-state index contributed by atoms with van der Waals surface area (Å²) < 4.78 is 0. The van der Waals surface area contributed by atoms with Gasteiger partial charge in [-0.2, -0.15) is 0 Å². The third-order valence-corrected chi connectivity index (χ3v) is 5.29. The van der Waals surface area contributed by atoms with E-state index >= 15 is 0 Å². The molecule has 128 valence electrons. The molecule has 0 bridgehead atoms. The highest BCUT2D eigenvalue weighted by atomic mass is 32.1. The molecule has 5 nitrogen and oxygen atoms in total. The van der Waals surface area contributed by atoms with Gasteiger partial charge in [-0.3, -0.25) is 9.59 Å². The largest absolute Gasteiger partial charge is 0.357 e. The number of carbonyl (C=O) groups excluding carboxylic acids is 2. The lowest BCUT2D eigenvalue weighted by molar-refractivity contribution is -0.131. The maximum Gasteiger partial charge on any atom is 0.270 e. The number of hydrogen-bond donors (Lipinski definition) is 1. The summed E-state index contributed by atoms with van der Waals surface area (Å²) in [5.74, 6) is 0.229. The van der Waals surface area contributed by atoms with Gasteiger partial charge >= 0.3 is 0 Å². The highest BCUT2D eigenvalue weighted by Crippen LogP contribution is 2.14. The second-order valence-electron chi connectivity index (χ2n) is 6.04. The number of rotatable bonds is 5. The van der Waals surface area contributed by atoms with Crippen LogP contribution in [0.3, 0.4) is 0 Å². The molecule has 1 fully saturated rings. The third-order valence-electron chi connectivity index (χ3n) is 4.36. The lowest BCUT2D eigenvalue weighted by Gasteiger charge is -2.22. The number of amides is 2. The second-order valence-corrected chi connectivity index (χ2v) is 7.08. The van der Waals surface area contributed by atoms with Crippen LogP contribution in [0, 0.1) is 0 Å². The monoisotopic (exact) mass is 345 g/mol. The fourth-order valence-electron chi connectivity index (χ4n) is 3.03. The van der Waals surface area contributed by atoms with Crippen molar-refractivity contribution in [1.29, 1.82) is 0 Å². The average Bonchev–Trinajstić information content (AvgIpc) is 3.24. The normalized spacial score (nSPS) is 15.3. The van der Waals surface area contributed by atoms with E-state index in [0.29, 0.717) is 31.7 Å². The predicted octanol–water partition coefficient (Wildman–Crippen LogP) is 2.77. The summed E-state index contributed by atoms with van der Waals surface area (Å²) in [6, 6.07) is 7.78. The van der Waals surface area contributed by atoms with Crippen LogP contribution in [-0.4, -0.2) is 52.8 Å². The van der Waals surface area contributed by atoms with Crippen LogP contribution in [0.5, 0.6) is 0 Å². The van der Waals surface area contributed by atoms with Crippen molar-refractivity contribution < 1.29 is 9.59 Å². The van der Waals surface area contributed by atoms with Gasteiger partial charge in [0.25, 0.3) is 5.91 Å². The molecule has 2 aromatic heterocycles. The molecule has 3 heterocycles. The molecular weight excluding hydrogens is 322 g/mol. The van der Waals surface area contributed by atoms with E-state index in [1.54, 1.807) is 23.6 Å². The summed E-state index contributed by atoms with van der Waals surface area (Å²) in [5.41, 5.74) is 0.616. The Kier molecular flexibility index (Phi) is 5.69. The van der Waals surface area contributed by atoms with Gasteiger partial charge in [0, 0.05) is 43.7 Å². The molecule has 3 rings (SSSR count). The maximum absolute atomic E-state index is 12.4. The minimum atomic E-state index is 0.0204. The van der Waals surface area contributed by atoms with Gasteiger partial charge in [0.1, 0.15) is 5.69 Å². The van der Waals surface area contributed by atoms with E-state index in [0.717, 1.165) is 25.8 Å². The molecule has 0 spiro atoms. The number of carbonyl (C=O) groups is 2. The molecule has 0 aliphatic carbocycles. The fraction of sp³-hybridized carbons (Fsp3) is 0.444. The van der Waals surface area contributed by atoms with Crippen LogP contribution >= 0.6 is 11.3 Å². The molecule has 2 amide bonds. The van der Waals surface area contributed by atoms with Gasteiger partial charge < -0.3 is 14.8 Å². The van der Waals surface area contributed by atoms with Gasteiger partial charge in [0.2, 0.25) is 5.91 Å². The van der Waals surface area contributed by atoms with Crippen LogP contribution in [0.2, 0.25) is 0 Å². The third kappa shape index (κ3) is 4.26. The summed E-state index contributed by atoms with van der Waals surface area (Å²) >= 11 is 1.74. The first-order valence-corrected chi connectivity index (χ1v) is 9.35. The van der Waals surface area contributed by atoms with Gasteiger partial charge in [-0.15, -0.1) is 11.3 Å². The Balaban J connectivity index is 1.46. The molecule has 0 unspecified atom stereocenters. The van der Waals surface area contributed by atoms with Crippen LogP contribution in [0.1, 0.15) is 34.6 Å². The molecule has 24 heavy (non-hydrogen) atoms. The number of H-pyrrole nitrogens is 1. The molecule has 0 atom stereocenters. The molecule has 1 aliphatic rings. The van der Waals surface area contributed by atoms with Crippen LogP contribution in [0.4, 0.5) is 0 Å². The van der Waals surface area contributed by atoms with E-state index in [1.165, 1.54) is 4.88 Å². The fourth-order valence-corrected chi connectivity index (χ4v) is 3.78. The lowest BCUT2D eigenvalue weighted by atomic mass is 10.2. The number of nitrogens with zero attached hydrogens (tertiary/aromatic N) is 2. The van der Waals surface area contributed by atoms with Gasteiger partial charge in [-0.25, -0.2) is 0 Å². The molecular formula is C18H23N3O2S. The molecule has 0 radical (unpaired) electrons. The summed E-state index contributed by atoms with van der Waals surface area (Å²) in [5, 5.41) is 2.07. The summed E-state index contributed by atoms with van der Waals surface area (Å²) in [4.78, 5) is 32.8. The zero-order chi connectivity index (χ0) is 16.8. The number of aryl methyl sites for hydroxylation is 1. The quantitative estimate of drug-likeness (QED) is 0.906. The SMILES string of the molecule is O=C(CCCc1cccs1)N1CCCN(C(=O)c2ccc[nH]2)CC1. The van der Waals surface area contributed by atoms with Crippen LogP contribution < -0.4 is 0 Å². The van der Waals surface area contributed by atoms with Crippen molar-refractivity contribution in [1.82, 2.24) is 14.8 Å². The average molecular weight is 345 g/mol. The first-order chi connectivity index (χ1) is 11.7. The summed E-state index contributed by atoms with van der Waals surface area (Å²) in [6.07, 6.45) is 5.04. The van der Waals surface area contributed by atoms with E-state index in [1.807, 2.05) is 21.9 Å². The van der Waals surface area contributed by atoms with E-state index in [-0.39, 0.29) is 11.8 Å². The molecule has 1 saturated heterocycles. The smallest absolute Gasteiger partial charge is 0.270 e. The molecule has 1 aliphatic heterocycles. The molecule has 1 N–H and O–H groups in total. The minimum Gasteiger partial charge on any atom is -0.357 e. The van der Waals surface area contributed by atoms with Crippen molar-refractivity contribution in [2.45, 2.75) is 25.7 Å². The number of hydrogen-bond acceptors (Lipinski definition) is 3. The van der Waals surface area contributed by atoms with Gasteiger partial charge in [0.15, 0.2) is 0 Å². The van der Waals surface area contributed by atoms with Crippen LogP contribution in [0.25, 0.3) is 0 Å². The number of nitrogens with one attached hydrogen (secondary N) is 1. The standard InChI is InChI=1S/C18H23N3O2S/c22-17(8-1-5-15-6-3-14-24-15)20-10-4-11-21(13-12-20)18(23)16-7-2-9-19-16/h2-3,6-7,9,14,19H,1,4-5,8,10-13H2. The van der Waals surface area contributed by atoms with Gasteiger partial charge in [0.05, 0.1) is 0 Å². The Bertz CT molecular complexity index is 652. The molecule has 0 aromatic carbocycles. The van der Waals surface area contributed by atoms with Gasteiger partial charge in [-0.1, -0.05) is 6.07 Å². The van der Waals surface area contributed by atoms with Crippen molar-refractivity contribution in [2.24, 2.45) is 0 Å². The van der Waals surface area contributed by atoms with E-state index < -0.39 is 0 Å². The van der Waals surface area contributed by atoms with Crippen LogP contribution in [-0.2, 0) is 11.2 Å². The van der Waals surface area contributed by atoms with E-state index in [9.17, 15) is 9.59 Å². The first-order valence-electron chi connectivity index (χ1n) is 8.47. The van der Waals surface area contributed by atoms with Crippen molar-refractivity contribution in [3.05, 3.63) is 46.4 Å². The second kappa shape index (κ2) is 8.15. The van der Waals surface area contributed by atoms with Crippen molar-refractivity contribution in [3.63, 3.8) is 0 Å². The Labute approximate surface area is 146 Å². The van der Waals surface area contributed by atoms with Crippen molar-refractivity contribution >= 4 is 23.2 Å². The topological polar surface area (TPSA) is 56.4 Å². The molecule has 6 heteroatoms. The zero-order valence-electron chi connectivity index (χ0n) is 13.7. The number of thiophene rings is 1. The van der Waals surface area contributed by atoms with Gasteiger partial charge in [-0.05, 0) is 42.8 Å². The highest BCUT2D eigenvalue weighted by Gasteiger charge is 2.22.